The molecule has 0 bridgehead atoms. The van der Waals surface area contributed by atoms with Crippen molar-refractivity contribution >= 4 is 11.9 Å². The minimum atomic E-state index is -0.850. The van der Waals surface area contributed by atoms with Gasteiger partial charge >= 0.3 is 5.97 Å². The fraction of sp³-hybridized carbons (Fsp3) is 0.462. The monoisotopic (exact) mass is 250 g/mol. The highest BCUT2D eigenvalue weighted by atomic mass is 16.4. The maximum Gasteiger partial charge on any atom is 0.303 e. The summed E-state index contributed by atoms with van der Waals surface area (Å²) in [5, 5.41) is 11.3. The molecule has 0 saturated heterocycles. The van der Waals surface area contributed by atoms with Crippen LogP contribution in [0, 0.1) is 6.92 Å². The predicted molar refractivity (Wildman–Crippen MR) is 67.2 cm³/mol. The minimum Gasteiger partial charge on any atom is -0.481 e. The number of amides is 1. The van der Waals surface area contributed by atoms with Crippen LogP contribution in [-0.4, -0.2) is 28.0 Å². The molecule has 18 heavy (non-hydrogen) atoms. The first-order valence-corrected chi connectivity index (χ1v) is 5.90. The number of carboxylic acid groups (broad SMARTS) is 1. The van der Waals surface area contributed by atoms with Crippen LogP contribution in [0.25, 0.3) is 0 Å². The molecule has 5 heteroatoms. The highest BCUT2D eigenvalue weighted by Gasteiger charge is 2.11. The van der Waals surface area contributed by atoms with Gasteiger partial charge in [-0.1, -0.05) is 6.07 Å². The van der Waals surface area contributed by atoms with Crippen molar-refractivity contribution < 1.29 is 14.7 Å². The van der Waals surface area contributed by atoms with Crippen molar-refractivity contribution in [2.24, 2.45) is 0 Å². The molecule has 0 aliphatic rings. The van der Waals surface area contributed by atoms with Gasteiger partial charge in [-0.2, -0.15) is 0 Å². The molecule has 1 aromatic heterocycles. The molecule has 0 aliphatic heterocycles. The molecule has 0 saturated carbocycles. The molecule has 2 N–H and O–H groups in total. The molecule has 1 unspecified atom stereocenters. The van der Waals surface area contributed by atoms with Crippen LogP contribution < -0.4 is 5.32 Å². The Morgan fingerprint density at radius 2 is 2.22 bits per heavy atom. The lowest BCUT2D eigenvalue weighted by Gasteiger charge is -2.13. The van der Waals surface area contributed by atoms with Crippen LogP contribution >= 0.6 is 0 Å². The van der Waals surface area contributed by atoms with Crippen LogP contribution in [0.3, 0.4) is 0 Å². The number of hydrogen-bond donors (Lipinski definition) is 2. The van der Waals surface area contributed by atoms with Gasteiger partial charge in [-0.15, -0.1) is 0 Å². The number of carboxylic acids is 1. The van der Waals surface area contributed by atoms with E-state index in [2.05, 4.69) is 10.3 Å². The van der Waals surface area contributed by atoms with Crippen LogP contribution in [0.2, 0.25) is 0 Å². The van der Waals surface area contributed by atoms with E-state index in [1.807, 2.05) is 19.1 Å². The summed E-state index contributed by atoms with van der Waals surface area (Å²) in [5.41, 5.74) is 1.73. The summed E-state index contributed by atoms with van der Waals surface area (Å²) in [4.78, 5) is 26.3. The molecule has 0 spiro atoms. The molecule has 1 aromatic rings. The molecule has 1 rings (SSSR count). The van der Waals surface area contributed by atoms with E-state index in [0.29, 0.717) is 6.42 Å². The lowest BCUT2D eigenvalue weighted by atomic mass is 10.1. The first kappa shape index (κ1) is 14.2. The van der Waals surface area contributed by atoms with Gasteiger partial charge in [-0.3, -0.25) is 14.6 Å². The largest absolute Gasteiger partial charge is 0.481 e. The Balaban J connectivity index is 2.42. The second-order valence-corrected chi connectivity index (χ2v) is 4.34. The third-order valence-corrected chi connectivity index (χ3v) is 2.64. The number of carbonyl (C=O) groups is 2. The van der Waals surface area contributed by atoms with E-state index in [4.69, 9.17) is 5.11 Å². The Kier molecular flexibility index (Phi) is 5.30. The van der Waals surface area contributed by atoms with Crippen molar-refractivity contribution in [3.05, 3.63) is 29.6 Å². The molecule has 0 aliphatic carbocycles. The summed E-state index contributed by atoms with van der Waals surface area (Å²) in [7, 11) is 0. The molecule has 1 amide bonds. The van der Waals surface area contributed by atoms with E-state index < -0.39 is 5.97 Å². The van der Waals surface area contributed by atoms with Crippen molar-refractivity contribution in [1.29, 1.82) is 0 Å². The molecule has 5 nitrogen and oxygen atoms in total. The van der Waals surface area contributed by atoms with Gasteiger partial charge in [0.15, 0.2) is 0 Å². The average Bonchev–Trinajstić information content (AvgIpc) is 2.29. The van der Waals surface area contributed by atoms with E-state index in [-0.39, 0.29) is 24.8 Å². The Bertz CT molecular complexity index is 432. The van der Waals surface area contributed by atoms with Gasteiger partial charge in [0, 0.05) is 18.7 Å². The molecule has 0 radical (unpaired) electrons. The van der Waals surface area contributed by atoms with Crippen LogP contribution in [0.4, 0.5) is 0 Å². The molecular weight excluding hydrogens is 232 g/mol. The maximum atomic E-state index is 11.7. The summed E-state index contributed by atoms with van der Waals surface area (Å²) >= 11 is 0. The van der Waals surface area contributed by atoms with E-state index in [0.717, 1.165) is 11.3 Å². The summed E-state index contributed by atoms with van der Waals surface area (Å²) in [5.74, 6) is -0.980. The van der Waals surface area contributed by atoms with Gasteiger partial charge in [0.2, 0.25) is 5.91 Å². The lowest BCUT2D eigenvalue weighted by molar-refractivity contribution is -0.137. The third-order valence-electron chi connectivity index (χ3n) is 2.64. The molecule has 0 aromatic carbocycles. The van der Waals surface area contributed by atoms with E-state index in [9.17, 15) is 9.59 Å². The van der Waals surface area contributed by atoms with Gasteiger partial charge in [0.25, 0.3) is 0 Å². The number of pyridine rings is 1. The van der Waals surface area contributed by atoms with Crippen molar-refractivity contribution in [2.45, 2.75) is 39.2 Å². The van der Waals surface area contributed by atoms with E-state index in [1.54, 1.807) is 13.1 Å². The number of nitrogens with zero attached hydrogens (tertiary/aromatic N) is 1. The zero-order valence-corrected chi connectivity index (χ0v) is 10.6. The number of nitrogens with one attached hydrogen (secondary N) is 1. The quantitative estimate of drug-likeness (QED) is 0.797. The number of aryl methyl sites for hydroxylation is 1. The summed E-state index contributed by atoms with van der Waals surface area (Å²) in [6, 6.07) is 3.59. The Hall–Kier alpha value is -1.91. The van der Waals surface area contributed by atoms with Crippen molar-refractivity contribution in [3.63, 3.8) is 0 Å². The normalized spacial score (nSPS) is 11.9. The number of carbonyl (C=O) groups excluding carboxylic acids is 1. The van der Waals surface area contributed by atoms with Crippen LogP contribution in [-0.2, 0) is 16.0 Å². The smallest absolute Gasteiger partial charge is 0.303 e. The van der Waals surface area contributed by atoms with Crippen LogP contribution in [0.5, 0.6) is 0 Å². The van der Waals surface area contributed by atoms with Crippen LogP contribution in [0.15, 0.2) is 18.3 Å². The van der Waals surface area contributed by atoms with Crippen molar-refractivity contribution in [2.75, 3.05) is 0 Å². The maximum absolute atomic E-state index is 11.7. The van der Waals surface area contributed by atoms with E-state index in [1.165, 1.54) is 0 Å². The van der Waals surface area contributed by atoms with Crippen molar-refractivity contribution in [3.8, 4) is 0 Å². The first-order chi connectivity index (χ1) is 8.49. The zero-order chi connectivity index (χ0) is 13.5. The molecular formula is C13H18N2O3. The van der Waals surface area contributed by atoms with Gasteiger partial charge in [0.05, 0.1) is 12.1 Å². The fourth-order valence-electron chi connectivity index (χ4n) is 1.59. The minimum absolute atomic E-state index is 0.0596. The fourth-order valence-corrected chi connectivity index (χ4v) is 1.59. The Morgan fingerprint density at radius 3 is 2.83 bits per heavy atom. The zero-order valence-electron chi connectivity index (χ0n) is 10.6. The summed E-state index contributed by atoms with van der Waals surface area (Å²) in [6.45, 7) is 3.70. The molecule has 0 fully saturated rings. The molecule has 1 heterocycles. The van der Waals surface area contributed by atoms with Gasteiger partial charge in [-0.05, 0) is 31.9 Å². The number of aromatic nitrogens is 1. The second-order valence-electron chi connectivity index (χ2n) is 4.34. The SMILES string of the molecule is Cc1cccnc1CC(=O)NC(C)CCC(=O)O. The molecule has 98 valence electrons. The third kappa shape index (κ3) is 4.95. The topological polar surface area (TPSA) is 79.3 Å². The molecule has 1 atom stereocenters. The van der Waals surface area contributed by atoms with Gasteiger partial charge in [0.1, 0.15) is 0 Å². The van der Waals surface area contributed by atoms with Gasteiger partial charge < -0.3 is 10.4 Å². The summed E-state index contributed by atoms with van der Waals surface area (Å²) < 4.78 is 0. The van der Waals surface area contributed by atoms with Crippen molar-refractivity contribution in [1.82, 2.24) is 10.3 Å². The first-order valence-electron chi connectivity index (χ1n) is 5.90. The average molecular weight is 250 g/mol. The number of hydrogen-bond acceptors (Lipinski definition) is 3. The van der Waals surface area contributed by atoms with E-state index >= 15 is 0 Å². The Labute approximate surface area is 106 Å². The highest BCUT2D eigenvalue weighted by Crippen LogP contribution is 2.04. The predicted octanol–water partition coefficient (Wildman–Crippen LogP) is 1.30. The lowest BCUT2D eigenvalue weighted by Crippen LogP contribution is -2.34. The number of rotatable bonds is 6. The Morgan fingerprint density at radius 1 is 1.50 bits per heavy atom. The van der Waals surface area contributed by atoms with Crippen LogP contribution in [0.1, 0.15) is 31.0 Å². The van der Waals surface area contributed by atoms with Gasteiger partial charge in [-0.25, -0.2) is 0 Å². The highest BCUT2D eigenvalue weighted by molar-refractivity contribution is 5.78. The summed E-state index contributed by atoms with van der Waals surface area (Å²) in [6.07, 6.45) is 2.37. The standard InChI is InChI=1S/C13H18N2O3/c1-9-4-3-7-14-11(9)8-12(16)15-10(2)5-6-13(17)18/h3-4,7,10H,5-6,8H2,1-2H3,(H,15,16)(H,17,18). The second kappa shape index (κ2) is 6.74. The number of aliphatic carboxylic acids is 1.